The predicted octanol–water partition coefficient (Wildman–Crippen LogP) is 3.11. The van der Waals surface area contributed by atoms with Gasteiger partial charge in [-0.25, -0.2) is 4.79 Å². The topological polar surface area (TPSA) is 70.8 Å². The van der Waals surface area contributed by atoms with Crippen LogP contribution >= 0.6 is 11.3 Å². The summed E-state index contributed by atoms with van der Waals surface area (Å²) in [6, 6.07) is 5.54. The van der Waals surface area contributed by atoms with E-state index in [-0.39, 0.29) is 0 Å². The number of thiophene rings is 1. The van der Waals surface area contributed by atoms with E-state index in [1.165, 1.54) is 18.4 Å². The van der Waals surface area contributed by atoms with Crippen molar-refractivity contribution in [1.29, 1.82) is 0 Å². The summed E-state index contributed by atoms with van der Waals surface area (Å²) in [5, 5.41) is 0. The highest BCUT2D eigenvalue weighted by Gasteiger charge is 2.20. The molecule has 1 aromatic heterocycles. The number of carbonyl (C=O) groups is 1. The summed E-state index contributed by atoms with van der Waals surface area (Å²) in [5.74, 6) is 0.924. The van der Waals surface area contributed by atoms with Gasteiger partial charge in [0.05, 0.1) is 27.0 Å². The van der Waals surface area contributed by atoms with Crippen LogP contribution in [0.3, 0.4) is 0 Å². The fourth-order valence-electron chi connectivity index (χ4n) is 1.98. The molecule has 0 aliphatic carbocycles. The minimum atomic E-state index is -0.429. The van der Waals surface area contributed by atoms with Crippen molar-refractivity contribution in [1.82, 2.24) is 0 Å². The first kappa shape index (κ1) is 15.2. The van der Waals surface area contributed by atoms with Crippen LogP contribution in [0.1, 0.15) is 15.2 Å². The zero-order valence-electron chi connectivity index (χ0n) is 12.4. The SMILES string of the molecule is COC(=O)c1sc(-c2cc(OC)cc(OC)c2)c(C)c1N. The maximum absolute atomic E-state index is 11.7. The molecule has 0 spiro atoms. The fraction of sp³-hybridized carbons (Fsp3) is 0.267. The number of anilines is 1. The highest BCUT2D eigenvalue weighted by Crippen LogP contribution is 2.40. The first-order valence-electron chi connectivity index (χ1n) is 6.22. The molecule has 0 atom stereocenters. The van der Waals surface area contributed by atoms with E-state index in [1.54, 1.807) is 20.3 Å². The van der Waals surface area contributed by atoms with Crippen LogP contribution in [-0.4, -0.2) is 27.3 Å². The lowest BCUT2D eigenvalue weighted by Crippen LogP contribution is -2.01. The van der Waals surface area contributed by atoms with Crippen LogP contribution in [0, 0.1) is 6.92 Å². The molecular weight excluding hydrogens is 290 g/mol. The van der Waals surface area contributed by atoms with Gasteiger partial charge < -0.3 is 19.9 Å². The van der Waals surface area contributed by atoms with Crippen molar-refractivity contribution in [2.45, 2.75) is 6.92 Å². The zero-order valence-corrected chi connectivity index (χ0v) is 13.2. The average Bonchev–Trinajstić information content (AvgIpc) is 2.82. The fourth-order valence-corrected chi connectivity index (χ4v) is 3.12. The number of hydrogen-bond donors (Lipinski definition) is 1. The number of nitrogen functional groups attached to an aromatic ring is 1. The lowest BCUT2D eigenvalue weighted by atomic mass is 10.1. The summed E-state index contributed by atoms with van der Waals surface area (Å²) >= 11 is 1.30. The van der Waals surface area contributed by atoms with Gasteiger partial charge in [0, 0.05) is 10.9 Å². The van der Waals surface area contributed by atoms with E-state index in [4.69, 9.17) is 19.9 Å². The van der Waals surface area contributed by atoms with Crippen molar-refractivity contribution in [3.63, 3.8) is 0 Å². The third kappa shape index (κ3) is 2.80. The Balaban J connectivity index is 2.59. The lowest BCUT2D eigenvalue weighted by Gasteiger charge is -2.08. The van der Waals surface area contributed by atoms with Crippen molar-refractivity contribution in [2.75, 3.05) is 27.1 Å². The smallest absolute Gasteiger partial charge is 0.350 e. The molecule has 0 saturated heterocycles. The van der Waals surface area contributed by atoms with Gasteiger partial charge in [0.2, 0.25) is 0 Å². The van der Waals surface area contributed by atoms with Crippen LogP contribution in [0.4, 0.5) is 5.69 Å². The van der Waals surface area contributed by atoms with Crippen LogP contribution in [0.25, 0.3) is 10.4 Å². The molecule has 0 radical (unpaired) electrons. The highest BCUT2D eigenvalue weighted by molar-refractivity contribution is 7.18. The number of hydrogen-bond acceptors (Lipinski definition) is 6. The molecule has 2 aromatic rings. The Morgan fingerprint density at radius 3 is 2.14 bits per heavy atom. The molecule has 0 saturated carbocycles. The van der Waals surface area contributed by atoms with Crippen LogP contribution in [0.15, 0.2) is 18.2 Å². The molecule has 112 valence electrons. The molecule has 0 aliphatic heterocycles. The van der Waals surface area contributed by atoms with Crippen molar-refractivity contribution >= 4 is 23.0 Å². The van der Waals surface area contributed by atoms with Crippen molar-refractivity contribution in [3.05, 3.63) is 28.6 Å². The number of methoxy groups -OCH3 is 3. The van der Waals surface area contributed by atoms with Gasteiger partial charge >= 0.3 is 5.97 Å². The van der Waals surface area contributed by atoms with E-state index in [0.717, 1.165) is 16.0 Å². The normalized spacial score (nSPS) is 10.3. The Morgan fingerprint density at radius 2 is 1.67 bits per heavy atom. The molecule has 5 nitrogen and oxygen atoms in total. The van der Waals surface area contributed by atoms with Crippen LogP contribution in [-0.2, 0) is 4.74 Å². The molecule has 6 heteroatoms. The Bertz CT molecular complexity index is 656. The largest absolute Gasteiger partial charge is 0.497 e. The van der Waals surface area contributed by atoms with Crippen molar-refractivity contribution in [3.8, 4) is 21.9 Å². The monoisotopic (exact) mass is 307 g/mol. The highest BCUT2D eigenvalue weighted by atomic mass is 32.1. The number of rotatable bonds is 4. The standard InChI is InChI=1S/C15H17NO4S/c1-8-12(16)14(15(17)20-4)21-13(8)9-5-10(18-2)7-11(6-9)19-3/h5-7H,16H2,1-4H3. The van der Waals surface area contributed by atoms with E-state index in [0.29, 0.717) is 22.1 Å². The first-order chi connectivity index (χ1) is 10.0. The maximum atomic E-state index is 11.7. The molecule has 1 aromatic carbocycles. The lowest BCUT2D eigenvalue weighted by molar-refractivity contribution is 0.0607. The van der Waals surface area contributed by atoms with Gasteiger partial charge in [-0.15, -0.1) is 11.3 Å². The number of benzene rings is 1. The maximum Gasteiger partial charge on any atom is 0.350 e. The van der Waals surface area contributed by atoms with Gasteiger partial charge in [0.25, 0.3) is 0 Å². The molecular formula is C15H17NO4S. The van der Waals surface area contributed by atoms with E-state index in [2.05, 4.69) is 0 Å². The first-order valence-corrected chi connectivity index (χ1v) is 7.04. The molecule has 2 N–H and O–H groups in total. The molecule has 0 amide bonds. The zero-order chi connectivity index (χ0) is 15.6. The summed E-state index contributed by atoms with van der Waals surface area (Å²) in [4.78, 5) is 13.0. The second-order valence-corrected chi connectivity index (χ2v) is 5.41. The van der Waals surface area contributed by atoms with Gasteiger partial charge in [-0.2, -0.15) is 0 Å². The van der Waals surface area contributed by atoms with Crippen molar-refractivity contribution in [2.24, 2.45) is 0 Å². The van der Waals surface area contributed by atoms with E-state index in [9.17, 15) is 4.79 Å². The third-order valence-electron chi connectivity index (χ3n) is 3.18. The second-order valence-electron chi connectivity index (χ2n) is 4.39. The van der Waals surface area contributed by atoms with Gasteiger partial charge in [0.1, 0.15) is 16.4 Å². The second kappa shape index (κ2) is 6.05. The molecule has 2 rings (SSSR count). The number of carbonyl (C=O) groups excluding carboxylic acids is 1. The van der Waals surface area contributed by atoms with Crippen LogP contribution < -0.4 is 15.2 Å². The molecule has 1 heterocycles. The predicted molar refractivity (Wildman–Crippen MR) is 83.3 cm³/mol. The number of esters is 1. The van der Waals surface area contributed by atoms with E-state index < -0.39 is 5.97 Å². The summed E-state index contributed by atoms with van der Waals surface area (Å²) < 4.78 is 15.3. The summed E-state index contributed by atoms with van der Waals surface area (Å²) in [5.41, 5.74) is 8.18. The minimum Gasteiger partial charge on any atom is -0.497 e. The molecule has 0 unspecified atom stereocenters. The Hall–Kier alpha value is -2.21. The third-order valence-corrected chi connectivity index (χ3v) is 4.51. The minimum absolute atomic E-state index is 0.409. The van der Waals surface area contributed by atoms with Crippen LogP contribution in [0.2, 0.25) is 0 Å². The molecule has 21 heavy (non-hydrogen) atoms. The van der Waals surface area contributed by atoms with Crippen LogP contribution in [0.5, 0.6) is 11.5 Å². The summed E-state index contributed by atoms with van der Waals surface area (Å²) in [7, 11) is 4.52. The van der Waals surface area contributed by atoms with Gasteiger partial charge in [0.15, 0.2) is 0 Å². The Morgan fingerprint density at radius 1 is 1.10 bits per heavy atom. The van der Waals surface area contributed by atoms with Gasteiger partial charge in [-0.05, 0) is 30.2 Å². The van der Waals surface area contributed by atoms with E-state index in [1.807, 2.05) is 19.1 Å². The number of nitrogens with two attached hydrogens (primary N) is 1. The number of ether oxygens (including phenoxy) is 3. The summed E-state index contributed by atoms with van der Waals surface area (Å²) in [6.45, 7) is 1.87. The van der Waals surface area contributed by atoms with Gasteiger partial charge in [-0.1, -0.05) is 0 Å². The van der Waals surface area contributed by atoms with Gasteiger partial charge in [-0.3, -0.25) is 0 Å². The summed E-state index contributed by atoms with van der Waals surface area (Å²) in [6.07, 6.45) is 0. The molecule has 0 bridgehead atoms. The van der Waals surface area contributed by atoms with E-state index >= 15 is 0 Å². The Labute approximate surface area is 127 Å². The Kier molecular flexibility index (Phi) is 4.37. The quantitative estimate of drug-likeness (QED) is 0.879. The average molecular weight is 307 g/mol. The molecule has 0 fully saturated rings. The molecule has 0 aliphatic rings. The van der Waals surface area contributed by atoms with Crippen molar-refractivity contribution < 1.29 is 19.0 Å².